The molecule has 2 aliphatic heterocycles. The molecule has 2 saturated heterocycles. The number of halogens is 1. The number of benzene rings is 1. The van der Waals surface area contributed by atoms with E-state index in [-0.39, 0.29) is 12.3 Å². The highest BCUT2D eigenvalue weighted by Crippen LogP contribution is 2.37. The van der Waals surface area contributed by atoms with E-state index in [0.29, 0.717) is 48.8 Å². The Morgan fingerprint density at radius 1 is 1.16 bits per heavy atom. The number of hydrogen-bond donors (Lipinski definition) is 2. The predicted molar refractivity (Wildman–Crippen MR) is 144 cm³/mol. The molecular weight excluding hydrogens is 471 g/mol. The van der Waals surface area contributed by atoms with Gasteiger partial charge in [0.1, 0.15) is 23.6 Å². The normalized spacial score (nSPS) is 22.4. The Morgan fingerprint density at radius 3 is 2.65 bits per heavy atom. The zero-order valence-electron chi connectivity index (χ0n) is 21.9. The number of anilines is 4. The van der Waals surface area contributed by atoms with Crippen LogP contribution in [0.3, 0.4) is 0 Å². The summed E-state index contributed by atoms with van der Waals surface area (Å²) >= 11 is 0. The second-order valence-corrected chi connectivity index (χ2v) is 11.0. The maximum Gasteiger partial charge on any atom is 0.227 e. The zero-order chi connectivity index (χ0) is 26.3. The summed E-state index contributed by atoms with van der Waals surface area (Å²) < 4.78 is 14.4. The van der Waals surface area contributed by atoms with Gasteiger partial charge >= 0.3 is 0 Å². The number of hydrogen-bond acceptors (Lipinski definition) is 8. The summed E-state index contributed by atoms with van der Waals surface area (Å²) in [5.41, 5.74) is 1.06. The van der Waals surface area contributed by atoms with Crippen LogP contribution in [0.2, 0.25) is 0 Å². The number of alkyl halides is 1. The van der Waals surface area contributed by atoms with Gasteiger partial charge in [-0.05, 0) is 55.3 Å². The number of fused-ring (bicyclic) bond motifs is 1. The van der Waals surface area contributed by atoms with Gasteiger partial charge in [-0.25, -0.2) is 14.4 Å². The molecule has 2 atom stereocenters. The van der Waals surface area contributed by atoms with Gasteiger partial charge in [0.2, 0.25) is 5.95 Å². The molecule has 0 amide bonds. The van der Waals surface area contributed by atoms with Crippen LogP contribution in [0.25, 0.3) is 10.8 Å². The lowest BCUT2D eigenvalue weighted by Crippen LogP contribution is -2.52. The standard InChI is InChI=1S/C28H35FN6O2/c1-17(2)20-5-6-23(35-14-19(15-35)11-18(3)36)22-13-31-26(12-21(20)22)32-25-7-9-30-27(33-25)34-10-8-28(4,37)24(29)16-34/h5-7,9,12-13,17,19,24,37H,8,10-11,14-16H2,1-4H3,(H,30,31,32,33)/t24-,28+/m0/s1. The minimum absolute atomic E-state index is 0.0506. The fourth-order valence-corrected chi connectivity index (χ4v) is 5.28. The first-order chi connectivity index (χ1) is 17.6. The third kappa shape index (κ3) is 5.23. The summed E-state index contributed by atoms with van der Waals surface area (Å²) in [4.78, 5) is 29.2. The zero-order valence-corrected chi connectivity index (χ0v) is 21.9. The lowest BCUT2D eigenvalue weighted by Gasteiger charge is -2.41. The highest BCUT2D eigenvalue weighted by Gasteiger charge is 2.38. The summed E-state index contributed by atoms with van der Waals surface area (Å²) in [5.74, 6) is 2.65. The Kier molecular flexibility index (Phi) is 6.74. The lowest BCUT2D eigenvalue weighted by molar-refractivity contribution is -0.118. The number of Topliss-reactive ketones (excluding diaryl/α,β-unsaturated/α-hetero) is 1. The number of aromatic nitrogens is 3. The summed E-state index contributed by atoms with van der Waals surface area (Å²) in [7, 11) is 0. The van der Waals surface area contributed by atoms with Crippen LogP contribution in [0.5, 0.6) is 0 Å². The predicted octanol–water partition coefficient (Wildman–Crippen LogP) is 4.61. The number of nitrogens with one attached hydrogen (secondary N) is 1. The van der Waals surface area contributed by atoms with E-state index in [4.69, 9.17) is 0 Å². The van der Waals surface area contributed by atoms with Crippen LogP contribution in [0.4, 0.5) is 27.7 Å². The van der Waals surface area contributed by atoms with Crippen LogP contribution in [0.15, 0.2) is 36.7 Å². The summed E-state index contributed by atoms with van der Waals surface area (Å²) in [6.45, 7) is 9.84. The van der Waals surface area contributed by atoms with Crippen molar-refractivity contribution < 1.29 is 14.3 Å². The maximum absolute atomic E-state index is 14.4. The van der Waals surface area contributed by atoms with Gasteiger partial charge in [-0.3, -0.25) is 0 Å². The Bertz CT molecular complexity index is 1310. The van der Waals surface area contributed by atoms with E-state index in [2.05, 4.69) is 57.2 Å². The molecule has 0 bridgehead atoms. The summed E-state index contributed by atoms with van der Waals surface area (Å²) in [5, 5.41) is 15.7. The van der Waals surface area contributed by atoms with E-state index < -0.39 is 11.8 Å². The van der Waals surface area contributed by atoms with Crippen molar-refractivity contribution in [2.75, 3.05) is 41.3 Å². The van der Waals surface area contributed by atoms with Crippen molar-refractivity contribution in [1.82, 2.24) is 15.0 Å². The third-order valence-corrected chi connectivity index (χ3v) is 7.53. The van der Waals surface area contributed by atoms with Gasteiger partial charge in [-0.2, -0.15) is 4.98 Å². The van der Waals surface area contributed by atoms with Gasteiger partial charge in [0.15, 0.2) is 0 Å². The van der Waals surface area contributed by atoms with Crippen LogP contribution >= 0.6 is 0 Å². The third-order valence-electron chi connectivity index (χ3n) is 7.53. The van der Waals surface area contributed by atoms with Gasteiger partial charge in [0.05, 0.1) is 12.1 Å². The van der Waals surface area contributed by atoms with Gasteiger partial charge < -0.3 is 25.0 Å². The number of aliphatic hydroxyl groups is 1. The average molecular weight is 507 g/mol. The molecule has 196 valence electrons. The average Bonchev–Trinajstić information content (AvgIpc) is 2.82. The van der Waals surface area contributed by atoms with Crippen molar-refractivity contribution in [1.29, 1.82) is 0 Å². The molecule has 8 nitrogen and oxygen atoms in total. The SMILES string of the molecule is CC(=O)CC1CN(c2ccc(C(C)C)c3cc(Nc4ccnc(N5CC[C@@](C)(O)[C@@H](F)C5)n4)ncc23)C1. The molecule has 3 aromatic rings. The minimum Gasteiger partial charge on any atom is -0.387 e. The fourth-order valence-electron chi connectivity index (χ4n) is 5.28. The van der Waals surface area contributed by atoms with Crippen LogP contribution < -0.4 is 15.1 Å². The first kappa shape index (κ1) is 25.3. The number of carbonyl (C=O) groups is 1. The smallest absolute Gasteiger partial charge is 0.227 e. The second kappa shape index (κ2) is 9.85. The van der Waals surface area contributed by atoms with Gasteiger partial charge in [0.25, 0.3) is 0 Å². The largest absolute Gasteiger partial charge is 0.387 e. The first-order valence-electron chi connectivity index (χ1n) is 13.0. The minimum atomic E-state index is -1.36. The van der Waals surface area contributed by atoms with E-state index in [1.807, 2.05) is 6.20 Å². The van der Waals surface area contributed by atoms with E-state index in [9.17, 15) is 14.3 Å². The molecule has 0 saturated carbocycles. The van der Waals surface area contributed by atoms with Gasteiger partial charge in [-0.15, -0.1) is 0 Å². The first-order valence-corrected chi connectivity index (χ1v) is 13.0. The Hall–Kier alpha value is -3.33. The molecule has 4 heterocycles. The van der Waals surface area contributed by atoms with Crippen molar-refractivity contribution in [3.05, 3.63) is 42.2 Å². The maximum atomic E-state index is 14.4. The second-order valence-electron chi connectivity index (χ2n) is 11.0. The molecule has 5 rings (SSSR count). The Labute approximate surface area is 216 Å². The number of rotatable bonds is 7. The van der Waals surface area contributed by atoms with Crippen molar-refractivity contribution in [2.24, 2.45) is 5.92 Å². The topological polar surface area (TPSA) is 94.5 Å². The van der Waals surface area contributed by atoms with E-state index >= 15 is 0 Å². The molecule has 37 heavy (non-hydrogen) atoms. The van der Waals surface area contributed by atoms with Crippen molar-refractivity contribution in [2.45, 2.75) is 58.2 Å². The van der Waals surface area contributed by atoms with Crippen molar-refractivity contribution >= 4 is 39.8 Å². The van der Waals surface area contributed by atoms with Gasteiger partial charge in [-0.1, -0.05) is 19.9 Å². The Morgan fingerprint density at radius 2 is 1.95 bits per heavy atom. The summed E-state index contributed by atoms with van der Waals surface area (Å²) in [6.07, 6.45) is 3.13. The number of piperidine rings is 1. The molecule has 0 unspecified atom stereocenters. The van der Waals surface area contributed by atoms with Crippen LogP contribution in [-0.4, -0.2) is 63.8 Å². The fraction of sp³-hybridized carbons (Fsp3) is 0.500. The molecule has 2 aliphatic rings. The molecule has 0 aliphatic carbocycles. The van der Waals surface area contributed by atoms with Crippen LogP contribution in [-0.2, 0) is 4.79 Å². The van der Waals surface area contributed by atoms with Crippen LogP contribution in [0, 0.1) is 5.92 Å². The van der Waals surface area contributed by atoms with E-state index in [0.717, 1.165) is 29.5 Å². The number of nitrogens with zero attached hydrogens (tertiary/aromatic N) is 5. The Balaban J connectivity index is 1.39. The van der Waals surface area contributed by atoms with E-state index in [1.165, 1.54) is 12.5 Å². The molecule has 2 N–H and O–H groups in total. The molecular formula is C28H35FN6O2. The van der Waals surface area contributed by atoms with Gasteiger partial charge in [0, 0.05) is 55.4 Å². The number of carbonyl (C=O) groups excluding carboxylic acids is 1. The highest BCUT2D eigenvalue weighted by atomic mass is 19.1. The van der Waals surface area contributed by atoms with Crippen molar-refractivity contribution in [3.8, 4) is 0 Å². The monoisotopic (exact) mass is 506 g/mol. The molecule has 2 aromatic heterocycles. The van der Waals surface area contributed by atoms with Crippen LogP contribution in [0.1, 0.15) is 52.0 Å². The lowest BCUT2D eigenvalue weighted by atomic mass is 9.91. The molecule has 0 radical (unpaired) electrons. The van der Waals surface area contributed by atoms with E-state index in [1.54, 1.807) is 24.1 Å². The van der Waals surface area contributed by atoms with Crippen molar-refractivity contribution in [3.63, 3.8) is 0 Å². The quantitative estimate of drug-likeness (QED) is 0.480. The molecule has 1 aromatic carbocycles. The number of ketones is 1. The molecule has 9 heteroatoms. The highest BCUT2D eigenvalue weighted by molar-refractivity contribution is 5.98. The number of pyridine rings is 1. The molecule has 0 spiro atoms. The summed E-state index contributed by atoms with van der Waals surface area (Å²) in [6, 6.07) is 8.17. The molecule has 2 fully saturated rings.